The van der Waals surface area contributed by atoms with Gasteiger partial charge in [0.05, 0.1) is 0 Å². The van der Waals surface area contributed by atoms with Crippen molar-refractivity contribution in [3.8, 4) is 0 Å². The molecule has 1 aliphatic carbocycles. The van der Waals surface area contributed by atoms with Gasteiger partial charge in [-0.25, -0.2) is 0 Å². The van der Waals surface area contributed by atoms with Crippen LogP contribution in [0.2, 0.25) is 0 Å². The molecule has 0 aromatic heterocycles. The van der Waals surface area contributed by atoms with Crippen molar-refractivity contribution in [1.29, 1.82) is 0 Å². The molecule has 0 aliphatic heterocycles. The van der Waals surface area contributed by atoms with Gasteiger partial charge in [-0.1, -0.05) is 71.3 Å². The second kappa shape index (κ2) is 5.68. The van der Waals surface area contributed by atoms with E-state index in [1.54, 1.807) is 0 Å². The van der Waals surface area contributed by atoms with Crippen molar-refractivity contribution in [2.75, 3.05) is 0 Å². The van der Waals surface area contributed by atoms with Crippen LogP contribution in [0.25, 0.3) is 5.57 Å². The van der Waals surface area contributed by atoms with E-state index >= 15 is 0 Å². The topological polar surface area (TPSA) is 0 Å². The van der Waals surface area contributed by atoms with Crippen LogP contribution in [0.4, 0.5) is 0 Å². The minimum Gasteiger partial charge on any atom is -0.0716 e. The summed E-state index contributed by atoms with van der Waals surface area (Å²) >= 11 is 0. The van der Waals surface area contributed by atoms with E-state index in [1.165, 1.54) is 27.8 Å². The van der Waals surface area contributed by atoms with Crippen molar-refractivity contribution >= 4 is 5.57 Å². The molecule has 0 nitrogen and oxygen atoms in total. The fraction of sp³-hybridized carbons (Fsp3) is 0.167. The number of aryl methyl sites for hydroxylation is 3. The zero-order valence-corrected chi connectivity index (χ0v) is 11.3. The summed E-state index contributed by atoms with van der Waals surface area (Å²) in [4.78, 5) is 0. The molecule has 0 spiro atoms. The normalized spacial score (nSPS) is 12.3. The first kappa shape index (κ1) is 12.6. The Morgan fingerprint density at radius 2 is 0.889 bits per heavy atom. The first-order chi connectivity index (χ1) is 8.65. The third-order valence-electron chi connectivity index (χ3n) is 2.94. The number of hydrogen-bond donors (Lipinski definition) is 0. The van der Waals surface area contributed by atoms with E-state index in [9.17, 15) is 0 Å². The third kappa shape index (κ3) is 3.89. The Labute approximate surface area is 110 Å². The molecule has 91 valence electrons. The number of hydrogen-bond acceptors (Lipinski definition) is 0. The summed E-state index contributed by atoms with van der Waals surface area (Å²) in [6, 6.07) is 17.1. The molecular weight excluding hydrogens is 216 g/mol. The molecule has 0 amide bonds. The first-order valence-electron chi connectivity index (χ1n) is 6.30. The van der Waals surface area contributed by atoms with Crippen LogP contribution in [0.15, 0.2) is 54.6 Å². The standard InChI is InChI=1S/C10H9.C8H10/c1-8-2-4-9(5-3-8)10-6-7-10;1-7-3-5-8(2)6-4-7/h2-7H,1H3;3-6H,1-2H3. The van der Waals surface area contributed by atoms with Crippen molar-refractivity contribution in [1.82, 2.24) is 0 Å². The maximum atomic E-state index is 2.16. The molecule has 0 fully saturated rings. The molecule has 18 heavy (non-hydrogen) atoms. The summed E-state index contributed by atoms with van der Waals surface area (Å²) in [5.41, 5.74) is 6.70. The van der Waals surface area contributed by atoms with Gasteiger partial charge >= 0.3 is 0 Å². The minimum absolute atomic E-state index is 1.32. The summed E-state index contributed by atoms with van der Waals surface area (Å²) in [5.74, 6) is 0. The SMILES string of the molecule is Cc1ccc(C)cc1.Cc1ccc(C2=C[CH]2)cc1. The highest BCUT2D eigenvalue weighted by Crippen LogP contribution is 2.29. The Hall–Kier alpha value is -1.82. The largest absolute Gasteiger partial charge is 0.0716 e. The van der Waals surface area contributed by atoms with Gasteiger partial charge in [0.2, 0.25) is 0 Å². The van der Waals surface area contributed by atoms with Crippen LogP contribution in [-0.2, 0) is 0 Å². The van der Waals surface area contributed by atoms with Gasteiger partial charge in [-0.15, -0.1) is 0 Å². The Morgan fingerprint density at radius 3 is 1.22 bits per heavy atom. The van der Waals surface area contributed by atoms with Gasteiger partial charge in [-0.05, 0) is 31.9 Å². The molecule has 3 rings (SSSR count). The third-order valence-corrected chi connectivity index (χ3v) is 2.94. The molecule has 0 N–H and O–H groups in total. The van der Waals surface area contributed by atoms with Crippen LogP contribution in [-0.4, -0.2) is 0 Å². The molecule has 1 aliphatic rings. The predicted octanol–water partition coefficient (Wildman–Crippen LogP) is 4.90. The highest BCUT2D eigenvalue weighted by molar-refractivity contribution is 5.87. The maximum absolute atomic E-state index is 2.16. The molecule has 0 bridgehead atoms. The van der Waals surface area contributed by atoms with Crippen LogP contribution in [0.3, 0.4) is 0 Å². The lowest BCUT2D eigenvalue weighted by molar-refractivity contribution is 1.40. The van der Waals surface area contributed by atoms with Gasteiger partial charge < -0.3 is 0 Å². The molecule has 0 saturated heterocycles. The fourth-order valence-corrected chi connectivity index (χ4v) is 1.62. The highest BCUT2D eigenvalue weighted by Gasteiger charge is 2.08. The molecular formula is C18H19. The van der Waals surface area contributed by atoms with Gasteiger partial charge in [-0.2, -0.15) is 0 Å². The fourth-order valence-electron chi connectivity index (χ4n) is 1.62. The average molecular weight is 235 g/mol. The van der Waals surface area contributed by atoms with E-state index in [0.29, 0.717) is 0 Å². The van der Waals surface area contributed by atoms with Gasteiger partial charge in [-0.3, -0.25) is 0 Å². The first-order valence-corrected chi connectivity index (χ1v) is 6.30. The van der Waals surface area contributed by atoms with E-state index in [4.69, 9.17) is 0 Å². The highest BCUT2D eigenvalue weighted by atomic mass is 14.1. The lowest BCUT2D eigenvalue weighted by atomic mass is 10.1. The quantitative estimate of drug-likeness (QED) is 0.659. The molecule has 0 saturated carbocycles. The second-order valence-electron chi connectivity index (χ2n) is 4.81. The van der Waals surface area contributed by atoms with Crippen molar-refractivity contribution in [2.45, 2.75) is 20.8 Å². The van der Waals surface area contributed by atoms with E-state index in [1.807, 2.05) is 0 Å². The Kier molecular flexibility index (Phi) is 3.99. The van der Waals surface area contributed by atoms with Crippen molar-refractivity contribution in [2.24, 2.45) is 0 Å². The van der Waals surface area contributed by atoms with Crippen LogP contribution in [0, 0.1) is 27.2 Å². The zero-order chi connectivity index (χ0) is 13.0. The second-order valence-corrected chi connectivity index (χ2v) is 4.81. The van der Waals surface area contributed by atoms with Crippen LogP contribution in [0.1, 0.15) is 22.3 Å². The van der Waals surface area contributed by atoms with Gasteiger partial charge in [0, 0.05) is 6.42 Å². The smallest absolute Gasteiger partial charge is 0.0131 e. The van der Waals surface area contributed by atoms with Crippen molar-refractivity contribution < 1.29 is 0 Å². The summed E-state index contributed by atoms with van der Waals surface area (Å²) in [5, 5.41) is 0. The summed E-state index contributed by atoms with van der Waals surface area (Å²) in [7, 11) is 0. The molecule has 0 atom stereocenters. The van der Waals surface area contributed by atoms with Crippen LogP contribution < -0.4 is 0 Å². The van der Waals surface area contributed by atoms with Gasteiger partial charge in [0.1, 0.15) is 0 Å². The molecule has 0 unspecified atom stereocenters. The monoisotopic (exact) mass is 235 g/mol. The summed E-state index contributed by atoms with van der Waals surface area (Å²) < 4.78 is 0. The average Bonchev–Trinajstić information content (AvgIpc) is 3.19. The van der Waals surface area contributed by atoms with E-state index in [0.717, 1.165) is 0 Å². The van der Waals surface area contributed by atoms with Crippen molar-refractivity contribution in [3.63, 3.8) is 0 Å². The Balaban J connectivity index is 0.000000138. The Morgan fingerprint density at radius 1 is 0.556 bits per heavy atom. The summed E-state index contributed by atoms with van der Waals surface area (Å²) in [6.07, 6.45) is 4.26. The molecule has 2 aromatic rings. The zero-order valence-electron chi connectivity index (χ0n) is 11.3. The van der Waals surface area contributed by atoms with Gasteiger partial charge in [0.15, 0.2) is 0 Å². The maximum Gasteiger partial charge on any atom is 0.0131 e. The number of rotatable bonds is 1. The van der Waals surface area contributed by atoms with Crippen LogP contribution in [0.5, 0.6) is 0 Å². The Bertz CT molecular complexity index is 506. The van der Waals surface area contributed by atoms with E-state index in [-0.39, 0.29) is 0 Å². The van der Waals surface area contributed by atoms with Gasteiger partial charge in [0.25, 0.3) is 0 Å². The minimum atomic E-state index is 1.32. The lowest BCUT2D eigenvalue weighted by Crippen LogP contribution is -1.73. The molecule has 0 heterocycles. The molecule has 1 radical (unpaired) electrons. The van der Waals surface area contributed by atoms with Crippen LogP contribution >= 0.6 is 0 Å². The predicted molar refractivity (Wildman–Crippen MR) is 79.4 cm³/mol. The van der Waals surface area contributed by atoms with E-state index in [2.05, 4.69) is 81.8 Å². The van der Waals surface area contributed by atoms with Crippen molar-refractivity contribution in [3.05, 3.63) is 83.3 Å². The lowest BCUT2D eigenvalue weighted by Gasteiger charge is -1.93. The molecule has 2 aromatic carbocycles. The van der Waals surface area contributed by atoms with E-state index < -0.39 is 0 Å². The summed E-state index contributed by atoms with van der Waals surface area (Å²) in [6.45, 7) is 6.30. The number of allylic oxidation sites excluding steroid dienone is 2. The number of benzene rings is 2. The molecule has 0 heteroatoms.